The quantitative estimate of drug-likeness (QED) is 0.782. The Morgan fingerprint density at radius 2 is 2.17 bits per heavy atom. The Hall–Kier alpha value is -2.51. The maximum absolute atomic E-state index is 11.0. The normalized spacial score (nSPS) is 24.8. The molecule has 0 fully saturated rings. The molecule has 4 rings (SSSR count). The van der Waals surface area contributed by atoms with E-state index in [2.05, 4.69) is 36.5 Å². The third-order valence-electron chi connectivity index (χ3n) is 5.28. The fourth-order valence-corrected chi connectivity index (χ4v) is 3.99. The molecule has 1 aliphatic heterocycles. The lowest BCUT2D eigenvalue weighted by atomic mass is 9.69. The van der Waals surface area contributed by atoms with E-state index in [1.54, 1.807) is 18.2 Å². The average molecular weight is 320 g/mol. The minimum atomic E-state index is -0.755. The van der Waals surface area contributed by atoms with Gasteiger partial charge in [-0.15, -0.1) is 0 Å². The molecule has 1 spiro atoms. The average Bonchev–Trinajstić information content (AvgIpc) is 2.72. The first-order valence-electron chi connectivity index (χ1n) is 8.34. The van der Waals surface area contributed by atoms with Gasteiger partial charge in [0.05, 0.1) is 22.7 Å². The van der Waals surface area contributed by atoms with Gasteiger partial charge in [-0.1, -0.05) is 23.8 Å². The summed E-state index contributed by atoms with van der Waals surface area (Å²) in [6, 6.07) is 13.8. The number of aliphatic hydroxyl groups excluding tert-OH is 1. The monoisotopic (exact) mass is 320 g/mol. The number of benzene rings is 2. The van der Waals surface area contributed by atoms with Crippen LogP contribution in [-0.2, 0) is 11.8 Å². The molecule has 0 saturated heterocycles. The van der Waals surface area contributed by atoms with E-state index in [-0.39, 0.29) is 0 Å². The Morgan fingerprint density at radius 1 is 1.29 bits per heavy atom. The minimum Gasteiger partial charge on any atom is -0.490 e. The highest BCUT2D eigenvalue weighted by Crippen LogP contribution is 2.44. The number of nitriles is 1. The standard InChI is InChI=1S/C20H20N2O2/c1-13-4-6-16-15(9-13)3-2-8-20(16)12-24-18-7-5-14(11-21)10-17(18)22-19(20)23/h4-7,9-10,19,22-23H,2-3,8,12H2,1H3/t19?,20-/m0/s1. The van der Waals surface area contributed by atoms with E-state index < -0.39 is 11.6 Å². The molecule has 4 heteroatoms. The summed E-state index contributed by atoms with van der Waals surface area (Å²) in [6.07, 6.45) is 2.18. The van der Waals surface area contributed by atoms with Crippen molar-refractivity contribution in [3.63, 3.8) is 0 Å². The van der Waals surface area contributed by atoms with Crippen molar-refractivity contribution < 1.29 is 9.84 Å². The summed E-state index contributed by atoms with van der Waals surface area (Å²) in [7, 11) is 0. The molecule has 122 valence electrons. The SMILES string of the molecule is Cc1ccc2c(c1)CCC[C@]21COc2ccc(C#N)cc2NC1O. The summed E-state index contributed by atoms with van der Waals surface area (Å²) in [5.74, 6) is 0.684. The third-order valence-corrected chi connectivity index (χ3v) is 5.28. The van der Waals surface area contributed by atoms with Crippen molar-refractivity contribution in [3.05, 3.63) is 58.7 Å². The summed E-state index contributed by atoms with van der Waals surface area (Å²) in [5.41, 5.74) is 4.48. The van der Waals surface area contributed by atoms with Crippen LogP contribution in [0.5, 0.6) is 5.75 Å². The molecule has 1 heterocycles. The van der Waals surface area contributed by atoms with Gasteiger partial charge in [0.2, 0.25) is 0 Å². The van der Waals surface area contributed by atoms with Gasteiger partial charge in [0.15, 0.2) is 0 Å². The van der Waals surface area contributed by atoms with Gasteiger partial charge in [-0.25, -0.2) is 0 Å². The van der Waals surface area contributed by atoms with Gasteiger partial charge in [-0.2, -0.15) is 5.26 Å². The van der Waals surface area contributed by atoms with Crippen LogP contribution in [0, 0.1) is 18.3 Å². The van der Waals surface area contributed by atoms with E-state index in [9.17, 15) is 5.11 Å². The van der Waals surface area contributed by atoms with Crippen LogP contribution in [0.25, 0.3) is 0 Å². The van der Waals surface area contributed by atoms with Gasteiger partial charge in [0.25, 0.3) is 0 Å². The number of rotatable bonds is 0. The van der Waals surface area contributed by atoms with Crippen molar-refractivity contribution in [2.45, 2.75) is 37.8 Å². The van der Waals surface area contributed by atoms with Gasteiger partial charge in [0, 0.05) is 0 Å². The van der Waals surface area contributed by atoms with Crippen molar-refractivity contribution in [2.75, 3.05) is 11.9 Å². The van der Waals surface area contributed by atoms with E-state index in [1.165, 1.54) is 16.7 Å². The number of nitrogens with one attached hydrogen (secondary N) is 1. The highest BCUT2D eigenvalue weighted by atomic mass is 16.5. The van der Waals surface area contributed by atoms with Crippen molar-refractivity contribution in [3.8, 4) is 11.8 Å². The molecule has 2 N–H and O–H groups in total. The molecule has 1 unspecified atom stereocenters. The summed E-state index contributed by atoms with van der Waals surface area (Å²) in [4.78, 5) is 0. The molecule has 2 aromatic rings. The highest BCUT2D eigenvalue weighted by molar-refractivity contribution is 5.62. The van der Waals surface area contributed by atoms with Crippen molar-refractivity contribution in [1.29, 1.82) is 5.26 Å². The topological polar surface area (TPSA) is 65.3 Å². The first-order chi connectivity index (χ1) is 11.6. The fraction of sp³-hybridized carbons (Fsp3) is 0.350. The largest absolute Gasteiger partial charge is 0.490 e. The predicted molar refractivity (Wildman–Crippen MR) is 92.1 cm³/mol. The third kappa shape index (κ3) is 2.24. The molecule has 24 heavy (non-hydrogen) atoms. The van der Waals surface area contributed by atoms with Gasteiger partial charge in [-0.3, -0.25) is 0 Å². The van der Waals surface area contributed by atoms with E-state index in [0.717, 1.165) is 19.3 Å². The number of aryl methyl sites for hydroxylation is 2. The summed E-state index contributed by atoms with van der Waals surface area (Å²) < 4.78 is 6.07. The van der Waals surface area contributed by atoms with Crippen LogP contribution in [-0.4, -0.2) is 17.9 Å². The Balaban J connectivity index is 1.78. The van der Waals surface area contributed by atoms with Crippen molar-refractivity contribution in [2.24, 2.45) is 0 Å². The Labute approximate surface area is 141 Å². The zero-order valence-electron chi connectivity index (χ0n) is 13.7. The molecule has 0 bridgehead atoms. The molecule has 0 radical (unpaired) electrons. The van der Waals surface area contributed by atoms with Crippen molar-refractivity contribution >= 4 is 5.69 Å². The van der Waals surface area contributed by atoms with Crippen LogP contribution in [0.15, 0.2) is 36.4 Å². The molecule has 4 nitrogen and oxygen atoms in total. The van der Waals surface area contributed by atoms with E-state index in [4.69, 9.17) is 10.00 Å². The molecular weight excluding hydrogens is 300 g/mol. The Morgan fingerprint density at radius 3 is 3.00 bits per heavy atom. The molecule has 1 aliphatic carbocycles. The molecule has 0 amide bonds. The molecule has 0 saturated carbocycles. The van der Waals surface area contributed by atoms with Crippen LogP contribution in [0.4, 0.5) is 5.69 Å². The number of hydrogen-bond acceptors (Lipinski definition) is 4. The first kappa shape index (κ1) is 15.0. The lowest BCUT2D eigenvalue weighted by molar-refractivity contribution is 0.0597. The molecular formula is C20H20N2O2. The number of aliphatic hydroxyl groups is 1. The van der Waals surface area contributed by atoms with Crippen LogP contribution in [0.1, 0.15) is 35.1 Å². The summed E-state index contributed by atoms with van der Waals surface area (Å²) in [6.45, 7) is 2.52. The lowest BCUT2D eigenvalue weighted by Crippen LogP contribution is -2.49. The van der Waals surface area contributed by atoms with Gasteiger partial charge < -0.3 is 15.2 Å². The van der Waals surface area contributed by atoms with Gasteiger partial charge in [-0.05, 0) is 55.5 Å². The van der Waals surface area contributed by atoms with Crippen molar-refractivity contribution in [1.82, 2.24) is 0 Å². The number of ether oxygens (including phenoxy) is 1. The molecule has 2 aromatic carbocycles. The highest BCUT2D eigenvalue weighted by Gasteiger charge is 2.45. The van der Waals surface area contributed by atoms with Crippen LogP contribution < -0.4 is 10.1 Å². The van der Waals surface area contributed by atoms with Gasteiger partial charge in [0.1, 0.15) is 18.6 Å². The van der Waals surface area contributed by atoms with Crippen LogP contribution >= 0.6 is 0 Å². The fourth-order valence-electron chi connectivity index (χ4n) is 3.99. The summed E-state index contributed by atoms with van der Waals surface area (Å²) >= 11 is 0. The Bertz CT molecular complexity index is 840. The predicted octanol–water partition coefficient (Wildman–Crippen LogP) is 3.26. The van der Waals surface area contributed by atoms with Crippen LogP contribution in [0.3, 0.4) is 0 Å². The number of nitrogens with zero attached hydrogens (tertiary/aromatic N) is 1. The second kappa shape index (κ2) is 5.54. The number of anilines is 1. The van der Waals surface area contributed by atoms with E-state index in [0.29, 0.717) is 23.6 Å². The molecule has 2 atom stereocenters. The van der Waals surface area contributed by atoms with Gasteiger partial charge >= 0.3 is 0 Å². The summed E-state index contributed by atoms with van der Waals surface area (Å²) in [5, 5.41) is 23.3. The second-order valence-corrected chi connectivity index (χ2v) is 6.83. The molecule has 0 aromatic heterocycles. The smallest absolute Gasteiger partial charge is 0.142 e. The lowest BCUT2D eigenvalue weighted by Gasteiger charge is -2.41. The second-order valence-electron chi connectivity index (χ2n) is 6.83. The zero-order chi connectivity index (χ0) is 16.7. The Kier molecular flexibility index (Phi) is 3.47. The maximum Gasteiger partial charge on any atom is 0.142 e. The molecule has 2 aliphatic rings. The van der Waals surface area contributed by atoms with E-state index in [1.807, 2.05) is 0 Å². The number of hydrogen-bond donors (Lipinski definition) is 2. The first-order valence-corrected chi connectivity index (χ1v) is 8.34. The minimum absolute atomic E-state index is 0.427. The zero-order valence-corrected chi connectivity index (χ0v) is 13.7. The van der Waals surface area contributed by atoms with Crippen LogP contribution in [0.2, 0.25) is 0 Å². The maximum atomic E-state index is 11.0. The van der Waals surface area contributed by atoms with E-state index >= 15 is 0 Å². The number of fused-ring (bicyclic) bond motifs is 3.